The van der Waals surface area contributed by atoms with Crippen LogP contribution in [0.15, 0.2) is 42.5 Å². The number of hydrogen-bond acceptors (Lipinski definition) is 4. The number of sulfonamides is 1. The van der Waals surface area contributed by atoms with Gasteiger partial charge in [-0.2, -0.15) is 0 Å². The van der Waals surface area contributed by atoms with Crippen molar-refractivity contribution in [3.05, 3.63) is 63.6 Å². The van der Waals surface area contributed by atoms with Gasteiger partial charge in [0, 0.05) is 13.1 Å². The molecule has 0 aliphatic carbocycles. The Morgan fingerprint density at radius 3 is 2.17 bits per heavy atom. The van der Waals surface area contributed by atoms with E-state index >= 15 is 0 Å². The van der Waals surface area contributed by atoms with Crippen molar-refractivity contribution < 1.29 is 18.0 Å². The molecule has 0 saturated carbocycles. The van der Waals surface area contributed by atoms with Crippen LogP contribution in [0, 0.1) is 0 Å². The standard InChI is InChI=1S/C25H33Cl2N3O4S/c1-5-7-14-28-25(32)18(3)29(16-20-10-13-22(26)23(27)15-20)24(31)17-30(35(4,33)34)21-11-8-19(6-2)9-12-21/h8-13,15,18H,5-7,14,16-17H2,1-4H3,(H,28,32). The van der Waals surface area contributed by atoms with Crippen molar-refractivity contribution in [2.45, 2.75) is 52.6 Å². The van der Waals surface area contributed by atoms with Crippen LogP contribution in [0.1, 0.15) is 44.7 Å². The maximum absolute atomic E-state index is 13.5. The van der Waals surface area contributed by atoms with E-state index in [-0.39, 0.29) is 12.5 Å². The summed E-state index contributed by atoms with van der Waals surface area (Å²) in [6, 6.07) is 11.1. The first kappa shape index (κ1) is 28.9. The molecule has 1 N–H and O–H groups in total. The second kappa shape index (κ2) is 13.1. The van der Waals surface area contributed by atoms with Crippen molar-refractivity contribution in [1.29, 1.82) is 0 Å². The zero-order valence-corrected chi connectivity index (χ0v) is 22.9. The average molecular weight is 543 g/mol. The normalized spacial score (nSPS) is 12.2. The Balaban J connectivity index is 2.36. The fraction of sp³-hybridized carbons (Fsp3) is 0.440. The van der Waals surface area contributed by atoms with Crippen LogP contribution >= 0.6 is 23.2 Å². The molecule has 0 aliphatic rings. The highest BCUT2D eigenvalue weighted by atomic mass is 35.5. The number of anilines is 1. The summed E-state index contributed by atoms with van der Waals surface area (Å²) < 4.78 is 26.3. The van der Waals surface area contributed by atoms with E-state index in [0.29, 0.717) is 27.8 Å². The third-order valence-electron chi connectivity index (χ3n) is 5.65. The van der Waals surface area contributed by atoms with Gasteiger partial charge in [-0.15, -0.1) is 0 Å². The minimum Gasteiger partial charge on any atom is -0.354 e. The first-order valence-electron chi connectivity index (χ1n) is 11.6. The smallest absolute Gasteiger partial charge is 0.244 e. The Bertz CT molecular complexity index is 1120. The van der Waals surface area contributed by atoms with Crippen molar-refractivity contribution in [1.82, 2.24) is 10.2 Å². The number of hydrogen-bond donors (Lipinski definition) is 1. The number of aryl methyl sites for hydroxylation is 1. The molecule has 2 amide bonds. The summed E-state index contributed by atoms with van der Waals surface area (Å²) in [6.07, 6.45) is 3.59. The van der Waals surface area contributed by atoms with E-state index in [1.807, 2.05) is 26.0 Å². The first-order valence-corrected chi connectivity index (χ1v) is 14.2. The Morgan fingerprint density at radius 1 is 1.00 bits per heavy atom. The highest BCUT2D eigenvalue weighted by Gasteiger charge is 2.30. The third kappa shape index (κ3) is 8.40. The van der Waals surface area contributed by atoms with Gasteiger partial charge in [-0.25, -0.2) is 8.42 Å². The van der Waals surface area contributed by atoms with E-state index in [0.717, 1.165) is 35.4 Å². The van der Waals surface area contributed by atoms with Crippen LogP contribution < -0.4 is 9.62 Å². The van der Waals surface area contributed by atoms with Crippen LogP contribution in [0.4, 0.5) is 5.69 Å². The molecule has 0 bridgehead atoms. The molecule has 10 heteroatoms. The number of amides is 2. The number of carbonyl (C=O) groups excluding carboxylic acids is 2. The van der Waals surface area contributed by atoms with E-state index in [9.17, 15) is 18.0 Å². The van der Waals surface area contributed by atoms with Crippen molar-refractivity contribution in [3.63, 3.8) is 0 Å². The zero-order chi connectivity index (χ0) is 26.2. The van der Waals surface area contributed by atoms with Gasteiger partial charge in [0.15, 0.2) is 0 Å². The number of carbonyl (C=O) groups is 2. The van der Waals surface area contributed by atoms with E-state index in [2.05, 4.69) is 5.32 Å². The molecule has 0 aliphatic heterocycles. The van der Waals surface area contributed by atoms with Crippen LogP contribution in [0.2, 0.25) is 10.0 Å². The molecule has 1 unspecified atom stereocenters. The van der Waals surface area contributed by atoms with Gasteiger partial charge < -0.3 is 10.2 Å². The fourth-order valence-electron chi connectivity index (χ4n) is 3.46. The second-order valence-electron chi connectivity index (χ2n) is 8.38. The molecule has 1 atom stereocenters. The number of halogens is 2. The van der Waals surface area contributed by atoms with Crippen molar-refractivity contribution >= 4 is 50.7 Å². The molecule has 0 radical (unpaired) electrons. The fourth-order valence-corrected chi connectivity index (χ4v) is 4.64. The Morgan fingerprint density at radius 2 is 1.63 bits per heavy atom. The highest BCUT2D eigenvalue weighted by Crippen LogP contribution is 2.24. The molecule has 35 heavy (non-hydrogen) atoms. The Hall–Kier alpha value is -2.29. The van der Waals surface area contributed by atoms with Gasteiger partial charge in [-0.05, 0) is 55.2 Å². The second-order valence-corrected chi connectivity index (χ2v) is 11.1. The van der Waals surface area contributed by atoms with Gasteiger partial charge in [0.1, 0.15) is 12.6 Å². The lowest BCUT2D eigenvalue weighted by Crippen LogP contribution is -2.51. The average Bonchev–Trinajstić information content (AvgIpc) is 2.82. The lowest BCUT2D eigenvalue weighted by molar-refractivity contribution is -0.139. The van der Waals surface area contributed by atoms with Gasteiger partial charge in [-0.1, -0.05) is 61.7 Å². The lowest BCUT2D eigenvalue weighted by Gasteiger charge is -2.31. The van der Waals surface area contributed by atoms with Crippen LogP contribution in [-0.4, -0.2) is 50.5 Å². The monoisotopic (exact) mass is 541 g/mol. The summed E-state index contributed by atoms with van der Waals surface area (Å²) in [5, 5.41) is 3.54. The predicted molar refractivity (Wildman–Crippen MR) is 142 cm³/mol. The van der Waals surface area contributed by atoms with Gasteiger partial charge in [0.25, 0.3) is 0 Å². The lowest BCUT2D eigenvalue weighted by atomic mass is 10.1. The van der Waals surface area contributed by atoms with Crippen molar-refractivity contribution in [2.24, 2.45) is 0 Å². The number of nitrogens with zero attached hydrogens (tertiary/aromatic N) is 2. The zero-order valence-electron chi connectivity index (χ0n) is 20.6. The number of benzene rings is 2. The van der Waals surface area contributed by atoms with Crippen molar-refractivity contribution in [2.75, 3.05) is 23.7 Å². The molecule has 7 nitrogen and oxygen atoms in total. The number of unbranched alkanes of at least 4 members (excludes halogenated alkanes) is 1. The SMILES string of the molecule is CCCCNC(=O)C(C)N(Cc1ccc(Cl)c(Cl)c1)C(=O)CN(c1ccc(CC)cc1)S(C)(=O)=O. The quantitative estimate of drug-likeness (QED) is 0.396. The molecule has 192 valence electrons. The third-order valence-corrected chi connectivity index (χ3v) is 7.53. The van der Waals surface area contributed by atoms with E-state index in [4.69, 9.17) is 23.2 Å². The molecule has 0 heterocycles. The van der Waals surface area contributed by atoms with Gasteiger partial charge in [0.2, 0.25) is 21.8 Å². The van der Waals surface area contributed by atoms with Crippen LogP contribution in [0.3, 0.4) is 0 Å². The predicted octanol–water partition coefficient (Wildman–Crippen LogP) is 4.66. The minimum atomic E-state index is -3.77. The van der Waals surface area contributed by atoms with Gasteiger partial charge in [-0.3, -0.25) is 13.9 Å². The topological polar surface area (TPSA) is 86.8 Å². The molecule has 2 aromatic carbocycles. The number of rotatable bonds is 12. The number of nitrogens with one attached hydrogen (secondary N) is 1. The van der Waals surface area contributed by atoms with Gasteiger partial charge >= 0.3 is 0 Å². The largest absolute Gasteiger partial charge is 0.354 e. The summed E-state index contributed by atoms with van der Waals surface area (Å²) in [4.78, 5) is 27.7. The molecular formula is C25H33Cl2N3O4S. The summed E-state index contributed by atoms with van der Waals surface area (Å²) in [5.74, 6) is -0.829. The molecule has 0 aromatic heterocycles. The molecular weight excluding hydrogens is 509 g/mol. The minimum absolute atomic E-state index is 0.0600. The molecule has 0 saturated heterocycles. The van der Waals surface area contributed by atoms with E-state index in [1.54, 1.807) is 37.3 Å². The molecule has 2 aromatic rings. The van der Waals surface area contributed by atoms with Crippen LogP contribution in [0.25, 0.3) is 0 Å². The van der Waals surface area contributed by atoms with E-state index < -0.39 is 28.5 Å². The molecule has 0 fully saturated rings. The van der Waals surface area contributed by atoms with Gasteiger partial charge in [0.05, 0.1) is 22.0 Å². The Labute approximate surface area is 218 Å². The summed E-state index contributed by atoms with van der Waals surface area (Å²) in [7, 11) is -3.77. The maximum Gasteiger partial charge on any atom is 0.244 e. The molecule has 0 spiro atoms. The van der Waals surface area contributed by atoms with Crippen LogP contribution in [0.5, 0.6) is 0 Å². The Kier molecular flexibility index (Phi) is 10.9. The van der Waals surface area contributed by atoms with E-state index in [1.165, 1.54) is 4.90 Å². The summed E-state index contributed by atoms with van der Waals surface area (Å²) >= 11 is 12.2. The highest BCUT2D eigenvalue weighted by molar-refractivity contribution is 7.92. The van der Waals surface area contributed by atoms with Crippen LogP contribution in [-0.2, 0) is 32.6 Å². The van der Waals surface area contributed by atoms with Crippen molar-refractivity contribution in [3.8, 4) is 0 Å². The molecule has 2 rings (SSSR count). The maximum atomic E-state index is 13.5. The first-order chi connectivity index (χ1) is 16.5. The summed E-state index contributed by atoms with van der Waals surface area (Å²) in [6.45, 7) is 5.75. The summed E-state index contributed by atoms with van der Waals surface area (Å²) in [5.41, 5.74) is 2.10.